The first-order valence-corrected chi connectivity index (χ1v) is 8.92. The largest absolute Gasteiger partial charge is 0.461 e. The second kappa shape index (κ2) is 4.91. The highest BCUT2D eigenvalue weighted by Crippen LogP contribution is 2.81. The number of fused-ring (bicyclic) bond motifs is 2. The predicted octanol–water partition coefficient (Wildman–Crippen LogP) is 4.73. The Labute approximate surface area is 148 Å². The highest BCUT2D eigenvalue weighted by molar-refractivity contribution is 6.35. The van der Waals surface area contributed by atoms with Crippen molar-refractivity contribution in [2.75, 3.05) is 6.61 Å². The molecule has 4 aliphatic carbocycles. The number of hydrogen-bond acceptors (Lipinski definition) is 3. The van der Waals surface area contributed by atoms with Gasteiger partial charge in [0, 0.05) is 34.1 Å². The molecule has 0 saturated heterocycles. The van der Waals surface area contributed by atoms with Crippen molar-refractivity contribution in [3.63, 3.8) is 0 Å². The van der Waals surface area contributed by atoms with Crippen LogP contribution in [-0.2, 0) is 4.74 Å². The van der Waals surface area contributed by atoms with Gasteiger partial charge in [0.2, 0.25) is 0 Å². The summed E-state index contributed by atoms with van der Waals surface area (Å²) in [4.78, 5) is 16.6. The Balaban J connectivity index is 1.42. The summed E-state index contributed by atoms with van der Waals surface area (Å²) in [5, 5.41) is 1.75. The Morgan fingerprint density at radius 1 is 1.24 bits per heavy atom. The van der Waals surface area contributed by atoms with Gasteiger partial charge >= 0.3 is 5.97 Å². The van der Waals surface area contributed by atoms with Crippen LogP contribution in [0.3, 0.4) is 0 Å². The summed E-state index contributed by atoms with van der Waals surface area (Å²) < 4.78 is 34.7. The third-order valence-electron chi connectivity index (χ3n) is 6.61. The van der Waals surface area contributed by atoms with Crippen molar-refractivity contribution in [2.45, 2.75) is 25.2 Å². The van der Waals surface area contributed by atoms with E-state index in [0.717, 1.165) is 6.42 Å². The minimum atomic E-state index is -2.72. The van der Waals surface area contributed by atoms with Crippen LogP contribution in [0.25, 0.3) is 10.8 Å². The van der Waals surface area contributed by atoms with Crippen LogP contribution in [0, 0.1) is 23.2 Å². The Morgan fingerprint density at radius 3 is 2.80 bits per heavy atom. The quantitative estimate of drug-likeness (QED) is 0.740. The van der Waals surface area contributed by atoms with E-state index in [1.807, 2.05) is 0 Å². The van der Waals surface area contributed by atoms with Crippen molar-refractivity contribution in [3.05, 3.63) is 41.2 Å². The second-order valence-electron chi connectivity index (χ2n) is 7.48. The molecule has 1 heterocycles. The summed E-state index contributed by atoms with van der Waals surface area (Å²) in [5.41, 5.74) is -0.860. The van der Waals surface area contributed by atoms with Gasteiger partial charge < -0.3 is 4.74 Å². The molecular weight excluding hydrogens is 348 g/mol. The third kappa shape index (κ3) is 1.85. The first-order valence-electron chi connectivity index (χ1n) is 8.54. The van der Waals surface area contributed by atoms with E-state index in [4.69, 9.17) is 16.3 Å². The number of carbonyl (C=O) groups excluding carboxylic acids is 1. The lowest BCUT2D eigenvalue weighted by atomic mass is 9.78. The van der Waals surface area contributed by atoms with E-state index in [1.165, 1.54) is 6.20 Å². The summed E-state index contributed by atoms with van der Waals surface area (Å²) in [5.74, 6) is -3.87. The Kier molecular flexibility index (Phi) is 3.04. The van der Waals surface area contributed by atoms with Crippen molar-refractivity contribution < 1.29 is 18.3 Å². The van der Waals surface area contributed by atoms with Gasteiger partial charge in [0.1, 0.15) is 6.61 Å². The van der Waals surface area contributed by atoms with Crippen molar-refractivity contribution in [1.29, 1.82) is 0 Å². The maximum absolute atomic E-state index is 14.7. The fraction of sp³-hybridized carbons (Fsp3) is 0.474. The molecule has 4 atom stereocenters. The van der Waals surface area contributed by atoms with Crippen LogP contribution in [0.15, 0.2) is 30.6 Å². The summed E-state index contributed by atoms with van der Waals surface area (Å²) in [6, 6.07) is 5.20. The van der Waals surface area contributed by atoms with Gasteiger partial charge in [-0.05, 0) is 37.2 Å². The minimum Gasteiger partial charge on any atom is -0.461 e. The molecule has 1 aromatic heterocycles. The zero-order valence-corrected chi connectivity index (χ0v) is 14.1. The Hall–Kier alpha value is -1.75. The lowest BCUT2D eigenvalue weighted by Gasteiger charge is -2.35. The number of esters is 1. The molecule has 1 aromatic carbocycles. The monoisotopic (exact) mass is 363 g/mol. The summed E-state index contributed by atoms with van der Waals surface area (Å²) >= 11 is 6.13. The van der Waals surface area contributed by atoms with E-state index in [2.05, 4.69) is 4.98 Å². The highest BCUT2D eigenvalue weighted by atomic mass is 35.5. The van der Waals surface area contributed by atoms with Gasteiger partial charge in [0.05, 0.1) is 11.0 Å². The fourth-order valence-corrected chi connectivity index (χ4v) is 5.56. The van der Waals surface area contributed by atoms with Crippen molar-refractivity contribution in [2.24, 2.45) is 23.2 Å². The number of rotatable bonds is 3. The van der Waals surface area contributed by atoms with E-state index in [0.29, 0.717) is 28.6 Å². The first kappa shape index (κ1) is 15.5. The van der Waals surface area contributed by atoms with Crippen molar-refractivity contribution in [3.8, 4) is 0 Å². The van der Waals surface area contributed by atoms with Gasteiger partial charge in [-0.1, -0.05) is 23.7 Å². The average molecular weight is 364 g/mol. The molecule has 0 spiro atoms. The maximum atomic E-state index is 14.7. The van der Waals surface area contributed by atoms with Crippen LogP contribution in [0.1, 0.15) is 29.6 Å². The molecule has 3 nitrogen and oxygen atoms in total. The van der Waals surface area contributed by atoms with Crippen molar-refractivity contribution in [1.82, 2.24) is 4.98 Å². The second-order valence-corrected chi connectivity index (χ2v) is 7.89. The van der Waals surface area contributed by atoms with Crippen LogP contribution in [0.4, 0.5) is 8.78 Å². The molecule has 4 saturated carbocycles. The number of ether oxygens (including phenoxy) is 1. The standard InChI is InChI=1S/C19H16ClF2NO2/c20-16-3-1-2-11-12(16)7-23-8-13(11)17(24)25-9-18-14-5-4-10(6-15(14)18)19(18,21)22/h1-3,7-8,10,14-15H,4-6,9H2. The molecule has 4 unspecified atom stereocenters. The van der Waals surface area contributed by atoms with Crippen LogP contribution >= 0.6 is 11.6 Å². The van der Waals surface area contributed by atoms with Crippen LogP contribution in [0.2, 0.25) is 5.02 Å². The SMILES string of the molecule is O=C(OCC12C3CCC(CC31)C2(F)F)c1cncc2c(Cl)cccc12. The number of benzene rings is 1. The molecule has 2 aromatic rings. The number of aromatic nitrogens is 1. The molecule has 6 heteroatoms. The molecule has 25 heavy (non-hydrogen) atoms. The fourth-order valence-electron chi connectivity index (χ4n) is 5.34. The zero-order valence-electron chi connectivity index (χ0n) is 13.3. The lowest BCUT2D eigenvalue weighted by Crippen LogP contribution is -2.42. The Morgan fingerprint density at radius 2 is 2.08 bits per heavy atom. The molecule has 4 bridgehead atoms. The Bertz CT molecular complexity index is 896. The van der Waals surface area contributed by atoms with E-state index < -0.39 is 23.2 Å². The number of nitrogens with zero attached hydrogens (tertiary/aromatic N) is 1. The molecule has 130 valence electrons. The number of halogens is 3. The summed E-state index contributed by atoms with van der Waals surface area (Å²) in [7, 11) is 0. The van der Waals surface area contributed by atoms with E-state index in [1.54, 1.807) is 24.4 Å². The molecular formula is C19H16ClF2NO2. The minimum absolute atomic E-state index is 0.000358. The smallest absolute Gasteiger partial charge is 0.340 e. The average Bonchev–Trinajstić information content (AvgIpc) is 3.23. The van der Waals surface area contributed by atoms with Gasteiger partial charge in [-0.2, -0.15) is 0 Å². The molecule has 4 fully saturated rings. The normalized spacial score (nSPS) is 34.1. The molecule has 0 aliphatic heterocycles. The number of pyridine rings is 1. The molecule has 4 aliphatic rings. The molecule has 6 rings (SSSR count). The van der Waals surface area contributed by atoms with E-state index in [-0.39, 0.29) is 24.0 Å². The number of carbonyl (C=O) groups is 1. The summed E-state index contributed by atoms with van der Waals surface area (Å²) in [6.07, 6.45) is 4.97. The van der Waals surface area contributed by atoms with E-state index >= 15 is 0 Å². The van der Waals surface area contributed by atoms with Gasteiger partial charge in [0.15, 0.2) is 0 Å². The number of hydrogen-bond donors (Lipinski definition) is 0. The van der Waals surface area contributed by atoms with Crippen LogP contribution in [0.5, 0.6) is 0 Å². The molecule has 0 radical (unpaired) electrons. The van der Waals surface area contributed by atoms with Gasteiger partial charge in [0.25, 0.3) is 5.92 Å². The summed E-state index contributed by atoms with van der Waals surface area (Å²) in [6.45, 7) is -0.207. The zero-order chi connectivity index (χ0) is 17.4. The van der Waals surface area contributed by atoms with Gasteiger partial charge in [-0.15, -0.1) is 0 Å². The van der Waals surface area contributed by atoms with Crippen LogP contribution in [-0.4, -0.2) is 23.5 Å². The maximum Gasteiger partial charge on any atom is 0.340 e. The van der Waals surface area contributed by atoms with Crippen LogP contribution < -0.4 is 0 Å². The van der Waals surface area contributed by atoms with Gasteiger partial charge in [-0.3, -0.25) is 4.98 Å². The van der Waals surface area contributed by atoms with Crippen molar-refractivity contribution >= 4 is 28.3 Å². The third-order valence-corrected chi connectivity index (χ3v) is 6.94. The molecule has 0 N–H and O–H groups in total. The number of alkyl halides is 2. The van der Waals surface area contributed by atoms with E-state index in [9.17, 15) is 13.6 Å². The first-order chi connectivity index (χ1) is 12.0. The lowest BCUT2D eigenvalue weighted by molar-refractivity contribution is -0.142. The topological polar surface area (TPSA) is 39.2 Å². The van der Waals surface area contributed by atoms with Gasteiger partial charge in [-0.25, -0.2) is 13.6 Å². The molecule has 0 amide bonds. The predicted molar refractivity (Wildman–Crippen MR) is 88.7 cm³/mol. The highest BCUT2D eigenvalue weighted by Gasteiger charge is 2.85.